The number of carbonyl (C=O) groups excluding carboxylic acids is 1. The molecular weight excluding hydrogens is 354 g/mol. The van der Waals surface area contributed by atoms with Crippen LogP contribution in [0.4, 0.5) is 0 Å². The van der Waals surface area contributed by atoms with Crippen LogP contribution in [-0.4, -0.2) is 24.3 Å². The maximum Gasteiger partial charge on any atom is 0.261 e. The molecule has 1 N–H and O–H groups in total. The molecule has 5 heteroatoms. The average molecular weight is 378 g/mol. The van der Waals surface area contributed by atoms with E-state index in [-0.39, 0.29) is 5.91 Å². The molecule has 0 saturated carbocycles. The largest absolute Gasteiger partial charge is 0.481 e. The van der Waals surface area contributed by atoms with Crippen molar-refractivity contribution in [1.29, 1.82) is 0 Å². The molecule has 1 atom stereocenters. The normalized spacial score (nSPS) is 11.8. The molecule has 2 rings (SSSR count). The molecule has 0 saturated heterocycles. The first kappa shape index (κ1) is 19.7. The van der Waals surface area contributed by atoms with Gasteiger partial charge in [0.2, 0.25) is 0 Å². The Hall–Kier alpha value is -1.65. The summed E-state index contributed by atoms with van der Waals surface area (Å²) in [4.78, 5) is 12.3. The number of hydrogen-bond acceptors (Lipinski definition) is 3. The van der Waals surface area contributed by atoms with Crippen molar-refractivity contribution in [3.8, 4) is 5.75 Å². The summed E-state index contributed by atoms with van der Waals surface area (Å²) in [7, 11) is 0. The highest BCUT2D eigenvalue weighted by atomic mass is 35.5. The molecule has 2 aromatic carbocycles. The molecule has 1 amide bonds. The van der Waals surface area contributed by atoms with Gasteiger partial charge in [0.15, 0.2) is 6.10 Å². The second kappa shape index (κ2) is 10.4. The van der Waals surface area contributed by atoms with E-state index in [1.54, 1.807) is 11.8 Å². The molecule has 25 heavy (non-hydrogen) atoms. The summed E-state index contributed by atoms with van der Waals surface area (Å²) in [5.41, 5.74) is 2.35. The number of thioether (sulfide) groups is 1. The lowest BCUT2D eigenvalue weighted by Gasteiger charge is -2.17. The maximum absolute atomic E-state index is 12.3. The van der Waals surface area contributed by atoms with E-state index >= 15 is 0 Å². The van der Waals surface area contributed by atoms with Gasteiger partial charge in [0.25, 0.3) is 5.91 Å². The molecule has 2 aromatic rings. The van der Waals surface area contributed by atoms with Crippen LogP contribution >= 0.6 is 23.4 Å². The van der Waals surface area contributed by atoms with Gasteiger partial charge in [-0.2, -0.15) is 11.8 Å². The lowest BCUT2D eigenvalue weighted by molar-refractivity contribution is -0.127. The fraction of sp³-hybridized carbons (Fsp3) is 0.350. The quantitative estimate of drug-likeness (QED) is 0.634. The van der Waals surface area contributed by atoms with Crippen molar-refractivity contribution in [2.24, 2.45) is 0 Å². The Morgan fingerprint density at radius 3 is 2.68 bits per heavy atom. The Kier molecular flexibility index (Phi) is 8.16. The number of benzene rings is 2. The number of rotatable bonds is 9. The van der Waals surface area contributed by atoms with Gasteiger partial charge in [0.05, 0.1) is 0 Å². The number of amides is 1. The second-order valence-electron chi connectivity index (χ2n) is 5.80. The average Bonchev–Trinajstić information content (AvgIpc) is 2.61. The van der Waals surface area contributed by atoms with E-state index < -0.39 is 6.10 Å². The highest BCUT2D eigenvalue weighted by Gasteiger charge is 2.17. The van der Waals surface area contributed by atoms with Crippen molar-refractivity contribution in [2.75, 3.05) is 12.3 Å². The fourth-order valence-electron chi connectivity index (χ4n) is 2.31. The van der Waals surface area contributed by atoms with Crippen LogP contribution in [0.3, 0.4) is 0 Å². The van der Waals surface area contributed by atoms with Gasteiger partial charge in [-0.3, -0.25) is 4.79 Å². The summed E-state index contributed by atoms with van der Waals surface area (Å²) in [6, 6.07) is 15.6. The third kappa shape index (κ3) is 7.00. The summed E-state index contributed by atoms with van der Waals surface area (Å²) in [5, 5.41) is 3.71. The van der Waals surface area contributed by atoms with E-state index in [1.165, 1.54) is 5.56 Å². The Bertz CT molecular complexity index is 676. The predicted molar refractivity (Wildman–Crippen MR) is 107 cm³/mol. The summed E-state index contributed by atoms with van der Waals surface area (Å²) in [5.74, 6) is 2.44. The summed E-state index contributed by atoms with van der Waals surface area (Å²) in [6.45, 7) is 4.59. The molecule has 0 aromatic heterocycles. The Morgan fingerprint density at radius 1 is 1.24 bits per heavy atom. The molecule has 0 aliphatic heterocycles. The van der Waals surface area contributed by atoms with E-state index in [4.69, 9.17) is 16.3 Å². The third-order valence-electron chi connectivity index (χ3n) is 3.66. The highest BCUT2D eigenvalue weighted by molar-refractivity contribution is 7.98. The van der Waals surface area contributed by atoms with Crippen molar-refractivity contribution in [1.82, 2.24) is 5.32 Å². The minimum absolute atomic E-state index is 0.0592. The van der Waals surface area contributed by atoms with Crippen LogP contribution in [0, 0.1) is 6.92 Å². The standard InChI is InChI=1S/C20H24ClNO2S/c1-3-19(24-18-6-4-5-15(2)13-18)20(23)22-11-12-25-14-16-7-9-17(21)10-8-16/h4-10,13,19H,3,11-12,14H2,1-2H3,(H,22,23)/t19-/m0/s1. The van der Waals surface area contributed by atoms with Crippen LogP contribution in [0.25, 0.3) is 0 Å². The van der Waals surface area contributed by atoms with E-state index in [2.05, 4.69) is 5.32 Å². The molecule has 0 aliphatic rings. The van der Waals surface area contributed by atoms with Gasteiger partial charge in [-0.25, -0.2) is 0 Å². The van der Waals surface area contributed by atoms with Crippen molar-refractivity contribution in [3.05, 3.63) is 64.7 Å². The minimum atomic E-state index is -0.455. The highest BCUT2D eigenvalue weighted by Crippen LogP contribution is 2.16. The summed E-state index contributed by atoms with van der Waals surface area (Å²) >= 11 is 7.65. The van der Waals surface area contributed by atoms with E-state index in [9.17, 15) is 4.79 Å². The number of halogens is 1. The van der Waals surface area contributed by atoms with Crippen LogP contribution in [0.5, 0.6) is 5.75 Å². The first-order valence-corrected chi connectivity index (χ1v) is 9.95. The number of carbonyl (C=O) groups is 1. The molecule has 0 heterocycles. The van der Waals surface area contributed by atoms with Crippen LogP contribution in [0.2, 0.25) is 5.02 Å². The second-order valence-corrected chi connectivity index (χ2v) is 7.34. The van der Waals surface area contributed by atoms with Crippen LogP contribution < -0.4 is 10.1 Å². The van der Waals surface area contributed by atoms with Gasteiger partial charge >= 0.3 is 0 Å². The van der Waals surface area contributed by atoms with Crippen LogP contribution in [-0.2, 0) is 10.5 Å². The Balaban J connectivity index is 1.69. The van der Waals surface area contributed by atoms with Crippen LogP contribution in [0.15, 0.2) is 48.5 Å². The zero-order valence-corrected chi connectivity index (χ0v) is 16.2. The monoisotopic (exact) mass is 377 g/mol. The number of ether oxygens (including phenoxy) is 1. The number of aryl methyl sites for hydroxylation is 1. The van der Waals surface area contributed by atoms with Crippen LogP contribution in [0.1, 0.15) is 24.5 Å². The molecule has 3 nitrogen and oxygen atoms in total. The van der Waals surface area contributed by atoms with Crippen molar-refractivity contribution >= 4 is 29.3 Å². The molecule has 0 fully saturated rings. The summed E-state index contributed by atoms with van der Waals surface area (Å²) in [6.07, 6.45) is 0.181. The SMILES string of the molecule is CC[C@H](Oc1cccc(C)c1)C(=O)NCCSCc1ccc(Cl)cc1. The lowest BCUT2D eigenvalue weighted by Crippen LogP contribution is -2.39. The Morgan fingerprint density at radius 2 is 2.00 bits per heavy atom. The maximum atomic E-state index is 12.3. The van der Waals surface area contributed by atoms with E-state index in [0.29, 0.717) is 13.0 Å². The zero-order valence-electron chi connectivity index (χ0n) is 14.6. The predicted octanol–water partition coefficient (Wildman–Crippen LogP) is 4.86. The Labute approximate surface area is 159 Å². The molecule has 0 spiro atoms. The fourth-order valence-corrected chi connectivity index (χ4v) is 3.25. The molecule has 0 radical (unpaired) electrons. The molecule has 0 unspecified atom stereocenters. The van der Waals surface area contributed by atoms with Crippen molar-refractivity contribution in [2.45, 2.75) is 32.1 Å². The van der Waals surface area contributed by atoms with Gasteiger partial charge in [-0.15, -0.1) is 0 Å². The smallest absolute Gasteiger partial charge is 0.261 e. The first-order chi connectivity index (χ1) is 12.1. The number of hydrogen-bond donors (Lipinski definition) is 1. The molecular formula is C20H24ClNO2S. The first-order valence-electron chi connectivity index (χ1n) is 8.41. The zero-order chi connectivity index (χ0) is 18.1. The molecule has 0 bridgehead atoms. The van der Waals surface area contributed by atoms with Gasteiger partial charge in [-0.1, -0.05) is 42.8 Å². The number of nitrogens with one attached hydrogen (secondary N) is 1. The minimum Gasteiger partial charge on any atom is -0.481 e. The van der Waals surface area contributed by atoms with Crippen molar-refractivity contribution in [3.63, 3.8) is 0 Å². The topological polar surface area (TPSA) is 38.3 Å². The summed E-state index contributed by atoms with van der Waals surface area (Å²) < 4.78 is 5.81. The van der Waals surface area contributed by atoms with Crippen molar-refractivity contribution < 1.29 is 9.53 Å². The third-order valence-corrected chi connectivity index (χ3v) is 4.94. The van der Waals surface area contributed by atoms with Gasteiger partial charge in [-0.05, 0) is 48.7 Å². The van der Waals surface area contributed by atoms with Gasteiger partial charge in [0.1, 0.15) is 5.75 Å². The lowest BCUT2D eigenvalue weighted by atomic mass is 10.2. The molecule has 0 aliphatic carbocycles. The molecule has 134 valence electrons. The van der Waals surface area contributed by atoms with E-state index in [1.807, 2.05) is 62.4 Å². The van der Waals surface area contributed by atoms with Gasteiger partial charge in [0, 0.05) is 23.1 Å². The van der Waals surface area contributed by atoms with E-state index in [0.717, 1.165) is 27.8 Å². The van der Waals surface area contributed by atoms with Gasteiger partial charge < -0.3 is 10.1 Å².